The number of aromatic nitrogens is 4. The highest BCUT2D eigenvalue weighted by molar-refractivity contribution is 7.21. The Bertz CT molecular complexity index is 1120. The Labute approximate surface area is 161 Å². The molecule has 4 rings (SSSR count). The first-order valence-corrected chi connectivity index (χ1v) is 8.96. The quantitative estimate of drug-likeness (QED) is 0.483. The first kappa shape index (κ1) is 18.1. The van der Waals surface area contributed by atoms with Gasteiger partial charge in [0.25, 0.3) is 0 Å². The van der Waals surface area contributed by atoms with Gasteiger partial charge in [-0.2, -0.15) is 13.2 Å². The molecule has 0 unspecified atom stereocenters. The smallest absolute Gasteiger partial charge is 0.338 e. The minimum atomic E-state index is -4.38. The Morgan fingerprint density at radius 3 is 2.43 bits per heavy atom. The van der Waals surface area contributed by atoms with Crippen molar-refractivity contribution in [2.45, 2.75) is 13.1 Å². The Hall–Kier alpha value is -3.27. The van der Waals surface area contributed by atoms with Gasteiger partial charge >= 0.3 is 6.18 Å². The minimum absolute atomic E-state index is 0.409. The fourth-order valence-corrected chi connectivity index (χ4v) is 3.30. The van der Waals surface area contributed by atoms with E-state index in [1.165, 1.54) is 29.8 Å². The molecule has 0 aliphatic carbocycles. The van der Waals surface area contributed by atoms with E-state index in [4.69, 9.17) is 0 Å². The summed E-state index contributed by atoms with van der Waals surface area (Å²) in [6.07, 6.45) is -1.32. The molecule has 0 amide bonds. The van der Waals surface area contributed by atoms with Crippen LogP contribution in [-0.4, -0.2) is 19.9 Å². The number of halogens is 3. The third-order valence-corrected chi connectivity index (χ3v) is 4.78. The maximum Gasteiger partial charge on any atom is 0.416 e. The predicted octanol–water partition coefficient (Wildman–Crippen LogP) is 5.30. The zero-order valence-corrected chi connectivity index (χ0v) is 15.3. The predicted molar refractivity (Wildman–Crippen MR) is 102 cm³/mol. The second kappa shape index (κ2) is 7.04. The molecule has 4 aromatic rings. The fourth-order valence-electron chi connectivity index (χ4n) is 2.50. The number of hydrogen-bond acceptors (Lipinski definition) is 7. The third-order valence-electron chi connectivity index (χ3n) is 3.91. The van der Waals surface area contributed by atoms with E-state index in [0.717, 1.165) is 17.7 Å². The maximum absolute atomic E-state index is 12.7. The van der Waals surface area contributed by atoms with Crippen LogP contribution >= 0.6 is 11.3 Å². The topological polar surface area (TPSA) is 75.6 Å². The molecule has 2 N–H and O–H groups in total. The molecule has 0 spiro atoms. The van der Waals surface area contributed by atoms with Crippen LogP contribution in [-0.2, 0) is 6.18 Å². The molecular weight excluding hydrogens is 389 g/mol. The lowest BCUT2D eigenvalue weighted by atomic mass is 10.2. The summed E-state index contributed by atoms with van der Waals surface area (Å²) in [7, 11) is 0. The first-order valence-electron chi connectivity index (χ1n) is 8.14. The molecule has 0 radical (unpaired) electrons. The summed E-state index contributed by atoms with van der Waals surface area (Å²) in [6, 6.07) is 8.49. The van der Waals surface area contributed by atoms with Gasteiger partial charge in [0.2, 0.25) is 0 Å². The minimum Gasteiger partial charge on any atom is -0.338 e. The number of aryl methyl sites for hydroxylation is 1. The van der Waals surface area contributed by atoms with Gasteiger partial charge in [0.1, 0.15) is 17.7 Å². The molecule has 3 heterocycles. The second-order valence-corrected chi connectivity index (χ2v) is 6.87. The van der Waals surface area contributed by atoms with Crippen molar-refractivity contribution in [3.8, 4) is 0 Å². The largest absolute Gasteiger partial charge is 0.416 e. The highest BCUT2D eigenvalue weighted by Gasteiger charge is 2.30. The number of thiazole rings is 1. The Balaban J connectivity index is 1.61. The van der Waals surface area contributed by atoms with Crippen molar-refractivity contribution in [3.05, 3.63) is 60.0 Å². The van der Waals surface area contributed by atoms with Crippen molar-refractivity contribution in [1.82, 2.24) is 19.9 Å². The van der Waals surface area contributed by atoms with Crippen molar-refractivity contribution in [2.75, 3.05) is 10.6 Å². The highest BCUT2D eigenvalue weighted by atomic mass is 32.1. The van der Waals surface area contributed by atoms with Gasteiger partial charge < -0.3 is 10.6 Å². The molecular formula is C18H13F3N6S. The van der Waals surface area contributed by atoms with E-state index < -0.39 is 11.7 Å². The summed E-state index contributed by atoms with van der Waals surface area (Å²) in [5.41, 5.74) is 1.24. The second-order valence-electron chi connectivity index (χ2n) is 5.89. The van der Waals surface area contributed by atoms with Gasteiger partial charge in [0.15, 0.2) is 15.8 Å². The number of benzene rings is 1. The summed E-state index contributed by atoms with van der Waals surface area (Å²) < 4.78 is 38.1. The SMILES string of the molecule is Cc1cccnc1Nc1nc2c(Nc3ccc(C(F)(F)F)cc3)ncnc2s1. The number of nitrogens with zero attached hydrogens (tertiary/aromatic N) is 4. The van der Waals surface area contributed by atoms with Crippen LogP contribution in [0.15, 0.2) is 48.9 Å². The van der Waals surface area contributed by atoms with E-state index in [1.807, 2.05) is 19.1 Å². The van der Waals surface area contributed by atoms with E-state index >= 15 is 0 Å². The van der Waals surface area contributed by atoms with Crippen molar-refractivity contribution >= 4 is 44.1 Å². The molecule has 10 heteroatoms. The molecule has 0 saturated carbocycles. The molecule has 0 aliphatic heterocycles. The van der Waals surface area contributed by atoms with Crippen LogP contribution in [0.5, 0.6) is 0 Å². The molecule has 0 saturated heterocycles. The average Bonchev–Trinajstić information content (AvgIpc) is 3.07. The number of hydrogen-bond donors (Lipinski definition) is 2. The van der Waals surface area contributed by atoms with E-state index in [1.54, 1.807) is 6.20 Å². The van der Waals surface area contributed by atoms with Crippen LogP contribution in [0.2, 0.25) is 0 Å². The molecule has 0 atom stereocenters. The number of rotatable bonds is 4. The fraction of sp³-hybridized carbons (Fsp3) is 0.111. The van der Waals surface area contributed by atoms with Crippen LogP contribution in [0.25, 0.3) is 10.3 Å². The van der Waals surface area contributed by atoms with Gasteiger partial charge in [-0.15, -0.1) is 0 Å². The summed E-state index contributed by atoms with van der Waals surface area (Å²) in [5.74, 6) is 1.10. The maximum atomic E-state index is 12.7. The van der Waals surface area contributed by atoms with E-state index in [9.17, 15) is 13.2 Å². The molecule has 0 aliphatic rings. The van der Waals surface area contributed by atoms with E-state index in [-0.39, 0.29) is 0 Å². The van der Waals surface area contributed by atoms with E-state index in [0.29, 0.717) is 32.8 Å². The first-order chi connectivity index (χ1) is 13.4. The van der Waals surface area contributed by atoms with Gasteiger partial charge in [0, 0.05) is 11.9 Å². The molecule has 0 bridgehead atoms. The van der Waals surface area contributed by atoms with Crippen LogP contribution in [0.4, 0.5) is 35.6 Å². The summed E-state index contributed by atoms with van der Waals surface area (Å²) in [5, 5.41) is 6.74. The molecule has 28 heavy (non-hydrogen) atoms. The summed E-state index contributed by atoms with van der Waals surface area (Å²) in [6.45, 7) is 1.93. The zero-order valence-electron chi connectivity index (χ0n) is 14.4. The van der Waals surface area contributed by atoms with Crippen LogP contribution in [0.1, 0.15) is 11.1 Å². The number of anilines is 4. The van der Waals surface area contributed by atoms with Crippen molar-refractivity contribution in [1.29, 1.82) is 0 Å². The van der Waals surface area contributed by atoms with Gasteiger partial charge in [-0.25, -0.2) is 19.9 Å². The van der Waals surface area contributed by atoms with Gasteiger partial charge in [-0.1, -0.05) is 17.4 Å². The zero-order chi connectivity index (χ0) is 19.7. The monoisotopic (exact) mass is 402 g/mol. The normalized spacial score (nSPS) is 11.6. The molecule has 6 nitrogen and oxygen atoms in total. The lowest BCUT2D eigenvalue weighted by Gasteiger charge is -2.09. The standard InChI is InChI=1S/C18H13F3N6S/c1-10-3-2-8-22-14(10)27-17-26-13-15(23-9-24-16(13)28-17)25-12-6-4-11(5-7-12)18(19,20)21/h2-9H,1H3,(H,22,26,27)(H,23,24,25). The van der Waals surface area contributed by atoms with Crippen LogP contribution < -0.4 is 10.6 Å². The van der Waals surface area contributed by atoms with Crippen molar-refractivity contribution < 1.29 is 13.2 Å². The molecule has 3 aromatic heterocycles. The third kappa shape index (κ3) is 3.72. The molecule has 1 aromatic carbocycles. The lowest BCUT2D eigenvalue weighted by molar-refractivity contribution is -0.137. The Morgan fingerprint density at radius 1 is 0.929 bits per heavy atom. The van der Waals surface area contributed by atoms with Gasteiger partial charge in [-0.3, -0.25) is 0 Å². The Morgan fingerprint density at radius 2 is 1.71 bits per heavy atom. The number of nitrogens with one attached hydrogen (secondary N) is 2. The van der Waals surface area contributed by atoms with Crippen LogP contribution in [0.3, 0.4) is 0 Å². The molecule has 0 fully saturated rings. The highest BCUT2D eigenvalue weighted by Crippen LogP contribution is 2.33. The van der Waals surface area contributed by atoms with Crippen molar-refractivity contribution in [3.63, 3.8) is 0 Å². The number of alkyl halides is 3. The van der Waals surface area contributed by atoms with Crippen molar-refractivity contribution in [2.24, 2.45) is 0 Å². The Kier molecular flexibility index (Phi) is 4.55. The van der Waals surface area contributed by atoms with Gasteiger partial charge in [-0.05, 0) is 42.8 Å². The van der Waals surface area contributed by atoms with Crippen LogP contribution in [0, 0.1) is 6.92 Å². The summed E-state index contributed by atoms with van der Waals surface area (Å²) >= 11 is 1.33. The lowest BCUT2D eigenvalue weighted by Crippen LogP contribution is -2.04. The summed E-state index contributed by atoms with van der Waals surface area (Å²) in [4.78, 5) is 17.8. The number of pyridine rings is 1. The van der Waals surface area contributed by atoms with Gasteiger partial charge in [0.05, 0.1) is 5.56 Å². The average molecular weight is 402 g/mol. The molecule has 142 valence electrons. The number of fused-ring (bicyclic) bond motifs is 1. The van der Waals surface area contributed by atoms with E-state index in [2.05, 4.69) is 30.6 Å².